The number of ketones is 1. The fourth-order valence-corrected chi connectivity index (χ4v) is 4.00. The van der Waals surface area contributed by atoms with Gasteiger partial charge in [0.05, 0.1) is 25.8 Å². The Hall–Kier alpha value is -3.60. The van der Waals surface area contributed by atoms with Crippen LogP contribution in [0.5, 0.6) is 5.75 Å². The van der Waals surface area contributed by atoms with Crippen molar-refractivity contribution in [3.63, 3.8) is 0 Å². The number of hydrogen-bond donors (Lipinski definition) is 0. The van der Waals surface area contributed by atoms with E-state index in [1.165, 1.54) is 19.4 Å². The Bertz CT molecular complexity index is 1290. The quantitative estimate of drug-likeness (QED) is 0.289. The lowest BCUT2D eigenvalue weighted by Crippen LogP contribution is -2.41. The zero-order valence-electron chi connectivity index (χ0n) is 19.5. The third-order valence-electron chi connectivity index (χ3n) is 5.76. The van der Waals surface area contributed by atoms with Gasteiger partial charge in [-0.3, -0.25) is 18.9 Å². The topological polar surface area (TPSA) is 103 Å². The summed E-state index contributed by atoms with van der Waals surface area (Å²) < 4.78 is 38.9. The number of carbonyl (C=O) groups excluding carboxylic acids is 3. The maximum absolute atomic E-state index is 13.6. The molecule has 0 N–H and O–H groups in total. The highest BCUT2D eigenvalue weighted by molar-refractivity contribution is 6.30. The second-order valence-corrected chi connectivity index (χ2v) is 8.64. The van der Waals surface area contributed by atoms with E-state index in [2.05, 4.69) is 10.2 Å². The summed E-state index contributed by atoms with van der Waals surface area (Å²) in [4.78, 5) is 40.4. The molecule has 1 saturated carbocycles. The van der Waals surface area contributed by atoms with Gasteiger partial charge in [0.2, 0.25) is 17.4 Å². The molecule has 0 radical (unpaired) electrons. The summed E-state index contributed by atoms with van der Waals surface area (Å²) in [5, 5.41) is 7.68. The number of alkyl halides is 2. The monoisotopic (exact) mass is 520 g/mol. The predicted molar refractivity (Wildman–Crippen MR) is 125 cm³/mol. The van der Waals surface area contributed by atoms with Crippen molar-refractivity contribution in [3.8, 4) is 5.75 Å². The molecule has 1 unspecified atom stereocenters. The number of esters is 1. The van der Waals surface area contributed by atoms with Crippen molar-refractivity contribution in [1.82, 2.24) is 14.6 Å². The average Bonchev–Trinajstić information content (AvgIpc) is 3.61. The largest absolute Gasteiger partial charge is 0.493 e. The number of carbonyl (C=O) groups is 3. The van der Waals surface area contributed by atoms with Crippen LogP contribution in [0.2, 0.25) is 5.02 Å². The SMILES string of the molecule is CCOC(=O)C(c1ccc(Cl)cc1)N(C(=O)CC(=O)C1CC1)c1cc(OC)c2nnc(C(F)F)n2c1. The van der Waals surface area contributed by atoms with Crippen LogP contribution < -0.4 is 9.64 Å². The van der Waals surface area contributed by atoms with Gasteiger partial charge in [-0.2, -0.15) is 0 Å². The van der Waals surface area contributed by atoms with Gasteiger partial charge in [-0.25, -0.2) is 13.6 Å². The molecular weight excluding hydrogens is 498 g/mol. The van der Waals surface area contributed by atoms with Crippen molar-refractivity contribution >= 4 is 40.6 Å². The van der Waals surface area contributed by atoms with Gasteiger partial charge in [0.25, 0.3) is 6.43 Å². The summed E-state index contributed by atoms with van der Waals surface area (Å²) >= 11 is 6.02. The fraction of sp³-hybridized carbons (Fsp3) is 0.375. The molecule has 1 aliphatic rings. The number of ether oxygens (including phenoxy) is 2. The van der Waals surface area contributed by atoms with E-state index in [1.807, 2.05) is 0 Å². The number of anilines is 1. The van der Waals surface area contributed by atoms with Gasteiger partial charge in [0, 0.05) is 23.2 Å². The number of Topliss-reactive ketones (excluding diaryl/α,β-unsaturated/α-hetero) is 1. The van der Waals surface area contributed by atoms with Crippen LogP contribution in [0, 0.1) is 5.92 Å². The van der Waals surface area contributed by atoms with Gasteiger partial charge in [-0.15, -0.1) is 10.2 Å². The second kappa shape index (κ2) is 10.6. The van der Waals surface area contributed by atoms with Gasteiger partial charge in [-0.05, 0) is 37.5 Å². The molecule has 1 aromatic carbocycles. The number of nitrogens with zero attached hydrogens (tertiary/aromatic N) is 4. The van der Waals surface area contributed by atoms with Crippen molar-refractivity contribution < 1.29 is 32.6 Å². The smallest absolute Gasteiger partial charge is 0.333 e. The first-order chi connectivity index (χ1) is 17.2. The maximum atomic E-state index is 13.6. The molecule has 3 aromatic rings. The number of methoxy groups -OCH3 is 1. The second-order valence-electron chi connectivity index (χ2n) is 8.21. The van der Waals surface area contributed by atoms with E-state index in [-0.39, 0.29) is 35.4 Å². The molecule has 12 heteroatoms. The summed E-state index contributed by atoms with van der Waals surface area (Å²) in [6, 6.07) is 6.22. The molecule has 1 amide bonds. The highest BCUT2D eigenvalue weighted by Gasteiger charge is 2.38. The molecule has 9 nitrogen and oxygen atoms in total. The summed E-state index contributed by atoms with van der Waals surface area (Å²) in [5.74, 6) is -2.57. The number of benzene rings is 1. The van der Waals surface area contributed by atoms with Crippen LogP contribution in [0.15, 0.2) is 36.5 Å². The van der Waals surface area contributed by atoms with Gasteiger partial charge in [-0.1, -0.05) is 23.7 Å². The van der Waals surface area contributed by atoms with E-state index in [0.717, 1.165) is 9.30 Å². The molecule has 0 spiro atoms. The van der Waals surface area contributed by atoms with Crippen LogP contribution >= 0.6 is 11.6 Å². The zero-order valence-corrected chi connectivity index (χ0v) is 20.2. The van der Waals surface area contributed by atoms with E-state index in [0.29, 0.717) is 23.4 Å². The van der Waals surface area contributed by atoms with E-state index in [1.54, 1.807) is 31.2 Å². The average molecular weight is 521 g/mol. The summed E-state index contributed by atoms with van der Waals surface area (Å²) in [6.45, 7) is 1.63. The highest BCUT2D eigenvalue weighted by atomic mass is 35.5. The van der Waals surface area contributed by atoms with E-state index in [9.17, 15) is 23.2 Å². The third-order valence-corrected chi connectivity index (χ3v) is 6.01. The number of rotatable bonds is 10. The first-order valence-electron chi connectivity index (χ1n) is 11.2. The number of aromatic nitrogens is 3. The van der Waals surface area contributed by atoms with Gasteiger partial charge < -0.3 is 9.47 Å². The number of hydrogen-bond acceptors (Lipinski definition) is 7. The number of amides is 1. The van der Waals surface area contributed by atoms with Crippen LogP contribution in [0.3, 0.4) is 0 Å². The lowest BCUT2D eigenvalue weighted by molar-refractivity contribution is -0.146. The van der Waals surface area contributed by atoms with Crippen molar-refractivity contribution in [2.24, 2.45) is 5.92 Å². The van der Waals surface area contributed by atoms with Gasteiger partial charge in [0.15, 0.2) is 11.8 Å². The predicted octanol–water partition coefficient (Wildman–Crippen LogP) is 4.34. The van der Waals surface area contributed by atoms with Crippen LogP contribution in [-0.2, 0) is 19.1 Å². The van der Waals surface area contributed by atoms with Crippen molar-refractivity contribution in [3.05, 3.63) is 52.9 Å². The third kappa shape index (κ3) is 5.15. The Labute approximate surface area is 209 Å². The molecule has 0 aliphatic heterocycles. The summed E-state index contributed by atoms with van der Waals surface area (Å²) in [6.07, 6.45) is -0.844. The van der Waals surface area contributed by atoms with E-state index >= 15 is 0 Å². The fourth-order valence-electron chi connectivity index (χ4n) is 3.88. The Kier molecular flexibility index (Phi) is 7.48. The van der Waals surface area contributed by atoms with Crippen LogP contribution in [-0.4, -0.2) is 46.0 Å². The Morgan fingerprint density at radius 1 is 1.19 bits per heavy atom. The number of halogens is 3. The van der Waals surface area contributed by atoms with Crippen LogP contribution in [0.4, 0.5) is 14.5 Å². The normalized spacial score (nSPS) is 14.1. The van der Waals surface area contributed by atoms with E-state index in [4.69, 9.17) is 21.1 Å². The Morgan fingerprint density at radius 2 is 1.89 bits per heavy atom. The molecule has 1 aliphatic carbocycles. The van der Waals surface area contributed by atoms with Crippen molar-refractivity contribution in [2.45, 2.75) is 38.7 Å². The highest BCUT2D eigenvalue weighted by Crippen LogP contribution is 2.36. The van der Waals surface area contributed by atoms with Gasteiger partial charge in [0.1, 0.15) is 5.78 Å². The summed E-state index contributed by atoms with van der Waals surface area (Å²) in [5.41, 5.74) is 0.363. The molecule has 1 atom stereocenters. The molecule has 36 heavy (non-hydrogen) atoms. The number of pyridine rings is 1. The van der Waals surface area contributed by atoms with Crippen LogP contribution in [0.25, 0.3) is 5.65 Å². The molecule has 2 aromatic heterocycles. The summed E-state index contributed by atoms with van der Waals surface area (Å²) in [7, 11) is 1.31. The van der Waals surface area contributed by atoms with Crippen molar-refractivity contribution in [2.75, 3.05) is 18.6 Å². The first-order valence-corrected chi connectivity index (χ1v) is 11.6. The van der Waals surface area contributed by atoms with E-state index < -0.39 is 36.6 Å². The lowest BCUT2D eigenvalue weighted by atomic mass is 10.0. The minimum atomic E-state index is -2.97. The molecule has 2 heterocycles. The molecule has 4 rings (SSSR count). The number of fused-ring (bicyclic) bond motifs is 1. The molecule has 0 saturated heterocycles. The first kappa shape index (κ1) is 25.5. The standard InChI is InChI=1S/C24H23ClF2N4O5/c1-3-36-24(34)20(14-6-8-15(25)9-7-14)31(19(33)11-17(32)13-4-5-13)16-10-18(35-2)22-28-29-23(21(26)27)30(22)12-16/h6-10,12-13,20-21H,3-5,11H2,1-2H3. The van der Waals surface area contributed by atoms with Gasteiger partial charge >= 0.3 is 5.97 Å². The molecule has 190 valence electrons. The zero-order chi connectivity index (χ0) is 26.0. The van der Waals surface area contributed by atoms with Crippen molar-refractivity contribution in [1.29, 1.82) is 0 Å². The molecule has 0 bridgehead atoms. The minimum absolute atomic E-state index is 0.00261. The molecular formula is C24H23ClF2N4O5. The lowest BCUT2D eigenvalue weighted by Gasteiger charge is -2.31. The van der Waals surface area contributed by atoms with Crippen LogP contribution in [0.1, 0.15) is 50.0 Å². The minimum Gasteiger partial charge on any atom is -0.493 e. The Morgan fingerprint density at radius 3 is 2.47 bits per heavy atom. The maximum Gasteiger partial charge on any atom is 0.333 e. The Balaban J connectivity index is 1.91. The molecule has 1 fully saturated rings.